The van der Waals surface area contributed by atoms with Crippen LogP contribution in [0.15, 0.2) is 24.3 Å². The van der Waals surface area contributed by atoms with Gasteiger partial charge < -0.3 is 19.3 Å². The summed E-state index contributed by atoms with van der Waals surface area (Å²) in [6.45, 7) is 7.10. The molecule has 1 aliphatic rings. The zero-order chi connectivity index (χ0) is 20.2. The molecule has 27 heavy (non-hydrogen) atoms. The molecule has 1 saturated heterocycles. The summed E-state index contributed by atoms with van der Waals surface area (Å²) >= 11 is 0. The monoisotopic (exact) mass is 379 g/mol. The molecule has 1 heterocycles. The third-order valence-corrected chi connectivity index (χ3v) is 3.85. The zero-order valence-corrected chi connectivity index (χ0v) is 15.9. The number of para-hydroxylation sites is 1. The van der Waals surface area contributed by atoms with Gasteiger partial charge in [0.1, 0.15) is 29.1 Å². The lowest BCUT2D eigenvalue weighted by Gasteiger charge is -2.26. The van der Waals surface area contributed by atoms with Crippen LogP contribution in [0.2, 0.25) is 0 Å². The summed E-state index contributed by atoms with van der Waals surface area (Å²) in [5.74, 6) is -1.37. The standard InChI is InChI=1S/C19H25NO7/c1-5-25-17(23)13-8-6-7-9-15(13)26-12-10-14(16(21)22)20(11-12)18(24)27-19(2,3)4/h6-9,12,14H,5,10-11H2,1-4H3,(H,21,22)/t12-,14+/m1/s1. The minimum absolute atomic E-state index is 0.0447. The van der Waals surface area contributed by atoms with Crippen LogP contribution in [0, 0.1) is 0 Å². The molecule has 0 radical (unpaired) electrons. The number of esters is 1. The van der Waals surface area contributed by atoms with Gasteiger partial charge in [0.25, 0.3) is 0 Å². The normalized spacial score (nSPS) is 19.5. The average Bonchev–Trinajstić information content (AvgIpc) is 2.98. The third kappa shape index (κ3) is 5.35. The Labute approximate surface area is 158 Å². The maximum absolute atomic E-state index is 12.3. The molecular weight excluding hydrogens is 354 g/mol. The van der Waals surface area contributed by atoms with E-state index >= 15 is 0 Å². The van der Waals surface area contributed by atoms with E-state index in [0.717, 1.165) is 4.90 Å². The average molecular weight is 379 g/mol. The van der Waals surface area contributed by atoms with E-state index in [4.69, 9.17) is 14.2 Å². The Balaban J connectivity index is 2.16. The molecule has 8 heteroatoms. The Kier molecular flexibility index (Phi) is 6.30. The van der Waals surface area contributed by atoms with Gasteiger partial charge in [0.2, 0.25) is 0 Å². The van der Waals surface area contributed by atoms with Gasteiger partial charge >= 0.3 is 18.0 Å². The minimum Gasteiger partial charge on any atom is -0.488 e. The van der Waals surface area contributed by atoms with Crippen LogP contribution in [-0.2, 0) is 14.3 Å². The molecule has 0 aromatic heterocycles. The lowest BCUT2D eigenvalue weighted by atomic mass is 10.1. The maximum atomic E-state index is 12.3. The predicted molar refractivity (Wildman–Crippen MR) is 95.8 cm³/mol. The highest BCUT2D eigenvalue weighted by Crippen LogP contribution is 2.27. The van der Waals surface area contributed by atoms with Gasteiger partial charge in [-0.15, -0.1) is 0 Å². The van der Waals surface area contributed by atoms with Crippen LogP contribution in [0.5, 0.6) is 5.75 Å². The Morgan fingerprint density at radius 1 is 1.22 bits per heavy atom. The number of amides is 1. The van der Waals surface area contributed by atoms with E-state index in [1.54, 1.807) is 52.0 Å². The summed E-state index contributed by atoms with van der Waals surface area (Å²) in [7, 11) is 0. The molecule has 1 N–H and O–H groups in total. The van der Waals surface area contributed by atoms with Crippen molar-refractivity contribution < 1.29 is 33.7 Å². The van der Waals surface area contributed by atoms with Crippen molar-refractivity contribution in [1.82, 2.24) is 4.90 Å². The zero-order valence-electron chi connectivity index (χ0n) is 15.9. The quantitative estimate of drug-likeness (QED) is 0.785. The van der Waals surface area contributed by atoms with Crippen LogP contribution in [0.4, 0.5) is 4.79 Å². The maximum Gasteiger partial charge on any atom is 0.411 e. The van der Waals surface area contributed by atoms with Gasteiger partial charge in [0, 0.05) is 6.42 Å². The van der Waals surface area contributed by atoms with Crippen LogP contribution >= 0.6 is 0 Å². The van der Waals surface area contributed by atoms with E-state index < -0.39 is 35.8 Å². The molecule has 8 nitrogen and oxygen atoms in total. The minimum atomic E-state index is -1.13. The number of carbonyl (C=O) groups excluding carboxylic acids is 2. The summed E-state index contributed by atoms with van der Waals surface area (Å²) in [4.78, 5) is 37.1. The topological polar surface area (TPSA) is 102 Å². The van der Waals surface area contributed by atoms with Crippen molar-refractivity contribution in [2.24, 2.45) is 0 Å². The molecule has 148 valence electrons. The van der Waals surface area contributed by atoms with E-state index in [0.29, 0.717) is 0 Å². The first-order chi connectivity index (χ1) is 12.6. The number of benzene rings is 1. The Morgan fingerprint density at radius 3 is 2.48 bits per heavy atom. The van der Waals surface area contributed by atoms with Crippen molar-refractivity contribution in [3.05, 3.63) is 29.8 Å². The fraction of sp³-hybridized carbons (Fsp3) is 0.526. The van der Waals surface area contributed by atoms with E-state index in [1.165, 1.54) is 0 Å². The number of likely N-dealkylation sites (tertiary alicyclic amines) is 1. The molecule has 1 aromatic carbocycles. The molecular formula is C19H25NO7. The molecule has 0 saturated carbocycles. The van der Waals surface area contributed by atoms with Gasteiger partial charge in [-0.1, -0.05) is 12.1 Å². The van der Waals surface area contributed by atoms with Crippen LogP contribution < -0.4 is 4.74 Å². The smallest absolute Gasteiger partial charge is 0.411 e. The molecule has 2 rings (SSSR count). The van der Waals surface area contributed by atoms with Crippen molar-refractivity contribution in [3.8, 4) is 5.75 Å². The number of aliphatic carboxylic acids is 1. The van der Waals surface area contributed by atoms with Gasteiger partial charge in [-0.25, -0.2) is 14.4 Å². The van der Waals surface area contributed by atoms with Crippen molar-refractivity contribution in [1.29, 1.82) is 0 Å². The molecule has 1 aliphatic heterocycles. The Bertz CT molecular complexity index is 710. The van der Waals surface area contributed by atoms with Crippen LogP contribution in [0.3, 0.4) is 0 Å². The van der Waals surface area contributed by atoms with Crippen molar-refractivity contribution in [2.75, 3.05) is 13.2 Å². The van der Waals surface area contributed by atoms with E-state index in [9.17, 15) is 19.5 Å². The molecule has 0 spiro atoms. The summed E-state index contributed by atoms with van der Waals surface area (Å²) in [6.07, 6.45) is -1.21. The second kappa shape index (κ2) is 8.28. The van der Waals surface area contributed by atoms with E-state index in [-0.39, 0.29) is 30.9 Å². The number of hydrogen-bond donors (Lipinski definition) is 1. The highest BCUT2D eigenvalue weighted by Gasteiger charge is 2.43. The van der Waals surface area contributed by atoms with Gasteiger partial charge in [-0.05, 0) is 39.8 Å². The van der Waals surface area contributed by atoms with E-state index in [2.05, 4.69) is 0 Å². The molecule has 0 unspecified atom stereocenters. The van der Waals surface area contributed by atoms with Crippen molar-refractivity contribution >= 4 is 18.0 Å². The summed E-state index contributed by atoms with van der Waals surface area (Å²) in [6, 6.07) is 5.51. The van der Waals surface area contributed by atoms with Crippen LogP contribution in [-0.4, -0.2) is 58.9 Å². The number of ether oxygens (including phenoxy) is 3. The lowest BCUT2D eigenvalue weighted by Crippen LogP contribution is -2.43. The Hall–Kier alpha value is -2.77. The number of hydrogen-bond acceptors (Lipinski definition) is 6. The molecule has 0 aliphatic carbocycles. The lowest BCUT2D eigenvalue weighted by molar-refractivity contribution is -0.142. The largest absolute Gasteiger partial charge is 0.488 e. The summed E-state index contributed by atoms with van der Waals surface area (Å²) in [5, 5.41) is 9.45. The van der Waals surface area contributed by atoms with Crippen LogP contribution in [0.25, 0.3) is 0 Å². The summed E-state index contributed by atoms with van der Waals surface area (Å²) < 4.78 is 16.1. The second-order valence-electron chi connectivity index (χ2n) is 7.18. The fourth-order valence-corrected chi connectivity index (χ4v) is 2.77. The van der Waals surface area contributed by atoms with Crippen molar-refractivity contribution in [3.63, 3.8) is 0 Å². The van der Waals surface area contributed by atoms with Gasteiger partial charge in [0.05, 0.1) is 13.2 Å². The Morgan fingerprint density at radius 2 is 1.89 bits per heavy atom. The molecule has 0 bridgehead atoms. The molecule has 2 atom stereocenters. The first-order valence-corrected chi connectivity index (χ1v) is 8.77. The predicted octanol–water partition coefficient (Wildman–Crippen LogP) is 2.70. The number of carbonyl (C=O) groups is 3. The SMILES string of the molecule is CCOC(=O)c1ccccc1O[C@@H]1C[C@@H](C(=O)O)N(C(=O)OC(C)(C)C)C1. The van der Waals surface area contributed by atoms with Crippen molar-refractivity contribution in [2.45, 2.75) is 51.9 Å². The van der Waals surface area contributed by atoms with Gasteiger partial charge in [0.15, 0.2) is 0 Å². The van der Waals surface area contributed by atoms with Gasteiger partial charge in [-0.2, -0.15) is 0 Å². The number of nitrogens with zero attached hydrogens (tertiary/aromatic N) is 1. The molecule has 1 fully saturated rings. The number of carboxylic acids is 1. The highest BCUT2D eigenvalue weighted by atomic mass is 16.6. The summed E-state index contributed by atoms with van der Waals surface area (Å²) in [5.41, 5.74) is -0.489. The number of rotatable bonds is 5. The fourth-order valence-electron chi connectivity index (χ4n) is 2.77. The van der Waals surface area contributed by atoms with Crippen LogP contribution in [0.1, 0.15) is 44.5 Å². The highest BCUT2D eigenvalue weighted by molar-refractivity contribution is 5.92. The second-order valence-corrected chi connectivity index (χ2v) is 7.18. The van der Waals surface area contributed by atoms with E-state index in [1.807, 2.05) is 0 Å². The third-order valence-electron chi connectivity index (χ3n) is 3.85. The molecule has 1 aromatic rings. The molecule has 1 amide bonds. The van der Waals surface area contributed by atoms with Gasteiger partial charge in [-0.3, -0.25) is 4.90 Å². The number of carboxylic acid groups (broad SMARTS) is 1. The first-order valence-electron chi connectivity index (χ1n) is 8.77. The first kappa shape index (κ1) is 20.5.